The van der Waals surface area contributed by atoms with Gasteiger partial charge in [0.25, 0.3) is 0 Å². The zero-order valence-electron chi connectivity index (χ0n) is 8.85. The Hall–Kier alpha value is -1.58. The first-order chi connectivity index (χ1) is 7.25. The highest BCUT2D eigenvalue weighted by molar-refractivity contribution is 5.85. The molecule has 0 amide bonds. The first-order valence-corrected chi connectivity index (χ1v) is 5.44. The second kappa shape index (κ2) is 2.95. The molecule has 4 heteroatoms. The maximum Gasteiger partial charge on any atom is 0.249 e. The van der Waals surface area contributed by atoms with Crippen LogP contribution < -0.4 is 10.7 Å². The summed E-state index contributed by atoms with van der Waals surface area (Å²) in [6.45, 7) is 2.01. The normalized spacial score (nSPS) is 15.5. The third-order valence-electron chi connectivity index (χ3n) is 3.13. The Labute approximate surface area is 87.9 Å². The van der Waals surface area contributed by atoms with E-state index < -0.39 is 0 Å². The van der Waals surface area contributed by atoms with Crippen LogP contribution in [0.4, 0.5) is 5.82 Å². The molecule has 3 rings (SSSR count). The van der Waals surface area contributed by atoms with Crippen LogP contribution in [0.25, 0.3) is 11.0 Å². The van der Waals surface area contributed by atoms with Crippen LogP contribution in [-0.4, -0.2) is 9.97 Å². The van der Waals surface area contributed by atoms with Crippen LogP contribution >= 0.6 is 0 Å². The number of aromatic amines is 2. The zero-order valence-corrected chi connectivity index (χ0v) is 8.85. The molecule has 0 radical (unpaired) electrons. The van der Waals surface area contributed by atoms with Crippen molar-refractivity contribution in [2.45, 2.75) is 32.6 Å². The predicted octanol–water partition coefficient (Wildman–Crippen LogP) is 1.15. The maximum absolute atomic E-state index is 5.93. The molecule has 2 aromatic rings. The number of nitrogens with zero attached hydrogens (tertiary/aromatic N) is 1. The van der Waals surface area contributed by atoms with E-state index in [0.29, 0.717) is 5.82 Å². The molecule has 0 fully saturated rings. The molecule has 0 bridgehead atoms. The fraction of sp³-hybridized carbons (Fsp3) is 0.455. The van der Waals surface area contributed by atoms with E-state index in [9.17, 15) is 0 Å². The number of nitrogen functional groups attached to an aromatic ring is 1. The van der Waals surface area contributed by atoms with Crippen molar-refractivity contribution in [1.29, 1.82) is 0 Å². The van der Waals surface area contributed by atoms with E-state index in [4.69, 9.17) is 5.73 Å². The molecule has 15 heavy (non-hydrogen) atoms. The SMILES string of the molecule is Cc1[nH]c2c(N)nc3c(c2[nH+]1)CCCC3. The Morgan fingerprint density at radius 2 is 2.13 bits per heavy atom. The van der Waals surface area contributed by atoms with Gasteiger partial charge >= 0.3 is 0 Å². The van der Waals surface area contributed by atoms with Crippen molar-refractivity contribution in [3.05, 3.63) is 17.1 Å². The first-order valence-electron chi connectivity index (χ1n) is 5.44. The van der Waals surface area contributed by atoms with Gasteiger partial charge in [0, 0.05) is 12.5 Å². The summed E-state index contributed by atoms with van der Waals surface area (Å²) in [6, 6.07) is 0. The maximum atomic E-state index is 5.93. The first kappa shape index (κ1) is 8.71. The lowest BCUT2D eigenvalue weighted by molar-refractivity contribution is -0.355. The van der Waals surface area contributed by atoms with E-state index in [1.165, 1.54) is 24.1 Å². The molecule has 4 nitrogen and oxygen atoms in total. The van der Waals surface area contributed by atoms with E-state index >= 15 is 0 Å². The van der Waals surface area contributed by atoms with E-state index in [-0.39, 0.29) is 0 Å². The van der Waals surface area contributed by atoms with Crippen molar-refractivity contribution in [3.8, 4) is 0 Å². The Kier molecular flexibility index (Phi) is 1.71. The monoisotopic (exact) mass is 203 g/mol. The summed E-state index contributed by atoms with van der Waals surface area (Å²) in [5.41, 5.74) is 10.6. The van der Waals surface area contributed by atoms with Gasteiger partial charge in [0.2, 0.25) is 11.3 Å². The summed E-state index contributed by atoms with van der Waals surface area (Å²) in [5.74, 6) is 1.66. The largest absolute Gasteiger partial charge is 0.380 e. The minimum atomic E-state index is 0.620. The Balaban J connectivity index is 2.38. The fourth-order valence-electron chi connectivity index (χ4n) is 2.43. The third-order valence-corrected chi connectivity index (χ3v) is 3.13. The molecule has 1 aliphatic rings. The van der Waals surface area contributed by atoms with Crippen LogP contribution in [-0.2, 0) is 12.8 Å². The fourth-order valence-corrected chi connectivity index (χ4v) is 2.43. The second-order valence-corrected chi connectivity index (χ2v) is 4.25. The zero-order chi connectivity index (χ0) is 10.4. The predicted molar refractivity (Wildman–Crippen MR) is 58.4 cm³/mol. The topological polar surface area (TPSA) is 68.8 Å². The highest BCUT2D eigenvalue weighted by atomic mass is 15.0. The van der Waals surface area contributed by atoms with Gasteiger partial charge in [-0.05, 0) is 25.7 Å². The molecule has 2 heterocycles. The number of aromatic nitrogens is 3. The second-order valence-electron chi connectivity index (χ2n) is 4.25. The molecule has 0 aromatic carbocycles. The van der Waals surface area contributed by atoms with Gasteiger partial charge < -0.3 is 5.73 Å². The summed E-state index contributed by atoms with van der Waals surface area (Å²) in [6.07, 6.45) is 4.67. The number of aryl methyl sites for hydroxylation is 3. The van der Waals surface area contributed by atoms with E-state index in [1.54, 1.807) is 0 Å². The van der Waals surface area contributed by atoms with E-state index in [1.807, 2.05) is 6.92 Å². The minimum Gasteiger partial charge on any atom is -0.380 e. The molecular weight excluding hydrogens is 188 g/mol. The number of hydrogen-bond donors (Lipinski definition) is 2. The van der Waals surface area contributed by atoms with Crippen molar-refractivity contribution in [1.82, 2.24) is 9.97 Å². The van der Waals surface area contributed by atoms with Crippen LogP contribution in [0.2, 0.25) is 0 Å². The Morgan fingerprint density at radius 1 is 1.33 bits per heavy atom. The van der Waals surface area contributed by atoms with Gasteiger partial charge in [0.1, 0.15) is 0 Å². The van der Waals surface area contributed by atoms with E-state index in [0.717, 1.165) is 29.7 Å². The number of anilines is 1. The number of imidazole rings is 1. The van der Waals surface area contributed by atoms with Crippen molar-refractivity contribution in [2.75, 3.05) is 5.73 Å². The number of hydrogen-bond acceptors (Lipinski definition) is 2. The number of fused-ring (bicyclic) bond motifs is 3. The summed E-state index contributed by atoms with van der Waals surface area (Å²) in [5, 5.41) is 0. The smallest absolute Gasteiger partial charge is 0.249 e. The van der Waals surface area contributed by atoms with Crippen LogP contribution in [0.5, 0.6) is 0 Å². The van der Waals surface area contributed by atoms with Crippen LogP contribution in [0.15, 0.2) is 0 Å². The molecule has 1 aliphatic carbocycles. The summed E-state index contributed by atoms with van der Waals surface area (Å²) in [4.78, 5) is 11.1. The standard InChI is InChI=1S/C11H14N4/c1-6-13-9-7-4-2-3-5-8(7)15-11(12)10(9)14-6/h2-5H2,1H3,(H2,12,15)(H,13,14)/p+1. The lowest BCUT2D eigenvalue weighted by Gasteiger charge is -2.13. The lowest BCUT2D eigenvalue weighted by Crippen LogP contribution is -2.12. The summed E-state index contributed by atoms with van der Waals surface area (Å²) < 4.78 is 0. The number of pyridine rings is 1. The molecule has 0 saturated heterocycles. The molecule has 4 N–H and O–H groups in total. The van der Waals surface area contributed by atoms with E-state index in [2.05, 4.69) is 15.0 Å². The van der Waals surface area contributed by atoms with Crippen molar-refractivity contribution >= 4 is 16.9 Å². The average molecular weight is 203 g/mol. The van der Waals surface area contributed by atoms with Gasteiger partial charge in [0.15, 0.2) is 11.3 Å². The van der Waals surface area contributed by atoms with Gasteiger partial charge in [0.05, 0.1) is 5.69 Å². The van der Waals surface area contributed by atoms with Gasteiger partial charge in [-0.15, -0.1) is 0 Å². The average Bonchev–Trinajstić information content (AvgIpc) is 2.61. The lowest BCUT2D eigenvalue weighted by atomic mass is 9.95. The van der Waals surface area contributed by atoms with Gasteiger partial charge in [-0.2, -0.15) is 0 Å². The van der Waals surface area contributed by atoms with Crippen LogP contribution in [0, 0.1) is 6.92 Å². The Morgan fingerprint density at radius 3 is 3.00 bits per heavy atom. The molecule has 0 spiro atoms. The molecule has 78 valence electrons. The number of nitrogens with two attached hydrogens (primary N) is 1. The van der Waals surface area contributed by atoms with Crippen molar-refractivity contribution < 1.29 is 4.98 Å². The molecule has 0 saturated carbocycles. The Bertz CT molecular complexity index is 527. The number of H-pyrrole nitrogens is 2. The summed E-state index contributed by atoms with van der Waals surface area (Å²) in [7, 11) is 0. The molecule has 2 aromatic heterocycles. The minimum absolute atomic E-state index is 0.620. The van der Waals surface area contributed by atoms with Gasteiger partial charge in [-0.1, -0.05) is 0 Å². The molecule has 0 aliphatic heterocycles. The molecule has 0 atom stereocenters. The molecular formula is C11H15N4+. The van der Waals surface area contributed by atoms with Crippen LogP contribution in [0.1, 0.15) is 29.9 Å². The third kappa shape index (κ3) is 1.21. The number of rotatable bonds is 0. The van der Waals surface area contributed by atoms with Gasteiger partial charge in [-0.25, -0.2) is 15.0 Å². The quantitative estimate of drug-likeness (QED) is 0.674. The summed E-state index contributed by atoms with van der Waals surface area (Å²) >= 11 is 0. The van der Waals surface area contributed by atoms with Crippen molar-refractivity contribution in [2.24, 2.45) is 0 Å². The highest BCUT2D eigenvalue weighted by Crippen LogP contribution is 2.27. The molecule has 0 unspecified atom stereocenters. The van der Waals surface area contributed by atoms with Crippen molar-refractivity contribution in [3.63, 3.8) is 0 Å². The number of nitrogens with one attached hydrogen (secondary N) is 2. The van der Waals surface area contributed by atoms with Crippen LogP contribution in [0.3, 0.4) is 0 Å². The van der Waals surface area contributed by atoms with Gasteiger partial charge in [-0.3, -0.25) is 0 Å². The highest BCUT2D eigenvalue weighted by Gasteiger charge is 2.21.